The summed E-state index contributed by atoms with van der Waals surface area (Å²) >= 11 is 0. The molecule has 0 aliphatic carbocycles. The third-order valence-electron chi connectivity index (χ3n) is 5.22. The van der Waals surface area contributed by atoms with E-state index in [1.165, 1.54) is 4.41 Å². The third-order valence-corrected chi connectivity index (χ3v) is 6.93. The second-order valence-electron chi connectivity index (χ2n) is 7.23. The van der Waals surface area contributed by atoms with E-state index in [0.717, 1.165) is 16.7 Å². The van der Waals surface area contributed by atoms with Gasteiger partial charge in [0.2, 0.25) is 0 Å². The SMILES string of the molecule is COc1ccc(C2=C[C@H](c3ccccc3)N(S(=O)(=O)c3ccc(C)cc3)N2)cc1OC. The molecule has 4 rings (SSSR count). The molecule has 1 aliphatic heterocycles. The van der Waals surface area contributed by atoms with Crippen LogP contribution in [0.25, 0.3) is 5.70 Å². The lowest BCUT2D eigenvalue weighted by Gasteiger charge is -2.25. The van der Waals surface area contributed by atoms with Crippen LogP contribution in [-0.4, -0.2) is 27.1 Å². The molecule has 1 aliphatic rings. The monoisotopic (exact) mass is 436 g/mol. The van der Waals surface area contributed by atoms with Gasteiger partial charge < -0.3 is 14.9 Å². The van der Waals surface area contributed by atoms with Crippen molar-refractivity contribution < 1.29 is 17.9 Å². The van der Waals surface area contributed by atoms with Crippen LogP contribution in [0.2, 0.25) is 0 Å². The quantitative estimate of drug-likeness (QED) is 0.624. The van der Waals surface area contributed by atoms with Crippen molar-refractivity contribution in [1.82, 2.24) is 9.84 Å². The molecular weight excluding hydrogens is 412 g/mol. The number of benzene rings is 3. The first-order valence-corrected chi connectivity index (χ1v) is 11.2. The Kier molecular flexibility index (Phi) is 5.71. The van der Waals surface area contributed by atoms with Crippen molar-refractivity contribution >= 4 is 15.7 Å². The Bertz CT molecular complexity index is 1210. The Morgan fingerprint density at radius 2 is 1.55 bits per heavy atom. The zero-order valence-corrected chi connectivity index (χ0v) is 18.4. The lowest BCUT2D eigenvalue weighted by molar-refractivity contribution is 0.347. The largest absolute Gasteiger partial charge is 0.493 e. The molecule has 3 aromatic carbocycles. The maximum absolute atomic E-state index is 13.5. The molecule has 0 amide bonds. The van der Waals surface area contributed by atoms with Crippen molar-refractivity contribution in [2.75, 3.05) is 14.2 Å². The van der Waals surface area contributed by atoms with E-state index in [9.17, 15) is 8.42 Å². The molecule has 6 nitrogen and oxygen atoms in total. The van der Waals surface area contributed by atoms with Crippen LogP contribution in [0.1, 0.15) is 22.7 Å². The van der Waals surface area contributed by atoms with Gasteiger partial charge in [0.15, 0.2) is 11.5 Å². The zero-order valence-electron chi connectivity index (χ0n) is 17.6. The van der Waals surface area contributed by atoms with Crippen LogP contribution in [0, 0.1) is 6.92 Å². The number of nitrogens with zero attached hydrogens (tertiary/aromatic N) is 1. The standard InChI is InChI=1S/C24H24N2O4S/c1-17-9-12-20(13-10-17)31(27,28)26-22(18-7-5-4-6-8-18)16-21(25-26)19-11-14-23(29-2)24(15-19)30-3/h4-16,22,25H,1-3H3/t22-/m1/s1. The van der Waals surface area contributed by atoms with E-state index in [-0.39, 0.29) is 4.90 Å². The summed E-state index contributed by atoms with van der Waals surface area (Å²) in [5.41, 5.74) is 6.43. The smallest absolute Gasteiger partial charge is 0.260 e. The number of aryl methyl sites for hydroxylation is 1. The summed E-state index contributed by atoms with van der Waals surface area (Å²) < 4.78 is 39.1. The molecule has 0 aromatic heterocycles. The molecular formula is C24H24N2O4S. The number of ether oxygens (including phenoxy) is 2. The highest BCUT2D eigenvalue weighted by Crippen LogP contribution is 2.37. The number of nitrogens with one attached hydrogen (secondary N) is 1. The van der Waals surface area contributed by atoms with Gasteiger partial charge in [0, 0.05) is 5.56 Å². The van der Waals surface area contributed by atoms with E-state index in [4.69, 9.17) is 9.47 Å². The minimum atomic E-state index is -3.81. The lowest BCUT2D eigenvalue weighted by Crippen LogP contribution is -2.39. The summed E-state index contributed by atoms with van der Waals surface area (Å²) in [6, 6.07) is 21.4. The van der Waals surface area contributed by atoms with Crippen LogP contribution in [0.4, 0.5) is 0 Å². The molecule has 1 heterocycles. The summed E-state index contributed by atoms with van der Waals surface area (Å²) in [7, 11) is -0.664. The highest BCUT2D eigenvalue weighted by molar-refractivity contribution is 7.89. The van der Waals surface area contributed by atoms with Crippen LogP contribution in [0.3, 0.4) is 0 Å². The molecule has 0 unspecified atom stereocenters. The maximum Gasteiger partial charge on any atom is 0.260 e. The Morgan fingerprint density at radius 1 is 0.871 bits per heavy atom. The number of sulfonamides is 1. The molecule has 1 N–H and O–H groups in total. The van der Waals surface area contributed by atoms with E-state index in [1.54, 1.807) is 44.6 Å². The van der Waals surface area contributed by atoms with Gasteiger partial charge in [0.05, 0.1) is 30.9 Å². The number of hydrogen-bond donors (Lipinski definition) is 1. The summed E-state index contributed by atoms with van der Waals surface area (Å²) in [6.07, 6.45) is 1.91. The van der Waals surface area contributed by atoms with Crippen molar-refractivity contribution in [2.24, 2.45) is 0 Å². The first-order chi connectivity index (χ1) is 14.9. The second kappa shape index (κ2) is 8.45. The first kappa shape index (κ1) is 21.0. The van der Waals surface area contributed by atoms with Gasteiger partial charge in [-0.2, -0.15) is 0 Å². The Hall–Kier alpha value is -3.29. The summed E-state index contributed by atoms with van der Waals surface area (Å²) in [4.78, 5) is 0.230. The molecule has 31 heavy (non-hydrogen) atoms. The van der Waals surface area contributed by atoms with Gasteiger partial charge in [-0.1, -0.05) is 48.0 Å². The Balaban J connectivity index is 1.77. The fourth-order valence-corrected chi connectivity index (χ4v) is 4.94. The zero-order chi connectivity index (χ0) is 22.0. The molecule has 3 aromatic rings. The average molecular weight is 437 g/mol. The lowest BCUT2D eigenvalue weighted by atomic mass is 10.1. The van der Waals surface area contributed by atoms with Crippen LogP contribution < -0.4 is 14.9 Å². The van der Waals surface area contributed by atoms with Crippen LogP contribution in [0.5, 0.6) is 11.5 Å². The third kappa shape index (κ3) is 4.02. The summed E-state index contributed by atoms with van der Waals surface area (Å²) in [6.45, 7) is 1.92. The van der Waals surface area contributed by atoms with Crippen molar-refractivity contribution in [3.05, 3.63) is 95.6 Å². The van der Waals surface area contributed by atoms with Crippen molar-refractivity contribution in [3.63, 3.8) is 0 Å². The van der Waals surface area contributed by atoms with E-state index < -0.39 is 16.1 Å². The Morgan fingerprint density at radius 3 is 2.19 bits per heavy atom. The molecule has 7 heteroatoms. The van der Waals surface area contributed by atoms with Crippen LogP contribution in [0.15, 0.2) is 83.8 Å². The van der Waals surface area contributed by atoms with Crippen molar-refractivity contribution in [2.45, 2.75) is 17.9 Å². The van der Waals surface area contributed by atoms with Gasteiger partial charge in [-0.25, -0.2) is 8.42 Å². The molecule has 1 atom stereocenters. The molecule has 0 saturated carbocycles. The molecule has 160 valence electrons. The van der Waals surface area contributed by atoms with E-state index >= 15 is 0 Å². The molecule has 0 spiro atoms. The van der Waals surface area contributed by atoms with Gasteiger partial charge in [0.25, 0.3) is 10.0 Å². The van der Waals surface area contributed by atoms with Crippen molar-refractivity contribution in [3.8, 4) is 11.5 Å². The van der Waals surface area contributed by atoms with Crippen molar-refractivity contribution in [1.29, 1.82) is 0 Å². The maximum atomic E-state index is 13.5. The highest BCUT2D eigenvalue weighted by atomic mass is 32.2. The first-order valence-electron chi connectivity index (χ1n) is 9.81. The predicted octanol–water partition coefficient (Wildman–Crippen LogP) is 4.30. The van der Waals surface area contributed by atoms with E-state index in [0.29, 0.717) is 17.2 Å². The summed E-state index contributed by atoms with van der Waals surface area (Å²) in [5.74, 6) is 1.17. The minimum Gasteiger partial charge on any atom is -0.493 e. The number of hydrogen-bond acceptors (Lipinski definition) is 5. The number of rotatable bonds is 6. The van der Waals surface area contributed by atoms with Crippen LogP contribution >= 0.6 is 0 Å². The van der Waals surface area contributed by atoms with Gasteiger partial charge in [-0.05, 0) is 48.9 Å². The summed E-state index contributed by atoms with van der Waals surface area (Å²) in [5, 5.41) is 0. The number of methoxy groups -OCH3 is 2. The molecule has 0 saturated heterocycles. The average Bonchev–Trinajstić information content (AvgIpc) is 3.26. The molecule has 0 fully saturated rings. The van der Waals surface area contributed by atoms with E-state index in [2.05, 4.69) is 5.43 Å². The molecule has 0 bridgehead atoms. The van der Waals surface area contributed by atoms with Gasteiger partial charge >= 0.3 is 0 Å². The predicted molar refractivity (Wildman–Crippen MR) is 120 cm³/mol. The minimum absolute atomic E-state index is 0.230. The van der Waals surface area contributed by atoms with Gasteiger partial charge in [-0.3, -0.25) is 0 Å². The van der Waals surface area contributed by atoms with Crippen LogP contribution in [-0.2, 0) is 10.0 Å². The van der Waals surface area contributed by atoms with Gasteiger partial charge in [-0.15, -0.1) is 4.41 Å². The second-order valence-corrected chi connectivity index (χ2v) is 9.05. The fraction of sp³-hybridized carbons (Fsp3) is 0.167. The van der Waals surface area contributed by atoms with E-state index in [1.807, 2.05) is 55.5 Å². The number of hydrazine groups is 1. The highest BCUT2D eigenvalue weighted by Gasteiger charge is 2.37. The normalized spacial score (nSPS) is 16.5. The van der Waals surface area contributed by atoms with Gasteiger partial charge in [0.1, 0.15) is 0 Å². The topological polar surface area (TPSA) is 67.9 Å². The molecule has 0 radical (unpaired) electrons. The Labute approximate surface area is 182 Å². The fourth-order valence-electron chi connectivity index (χ4n) is 3.53.